The van der Waals surface area contributed by atoms with Gasteiger partial charge in [-0.3, -0.25) is 0 Å². The average molecular weight is 304 g/mol. The van der Waals surface area contributed by atoms with E-state index in [9.17, 15) is 5.11 Å². The third kappa shape index (κ3) is 5.58. The lowest BCUT2D eigenvalue weighted by molar-refractivity contribution is -0.00430. The van der Waals surface area contributed by atoms with E-state index in [0.29, 0.717) is 11.8 Å². The lowest BCUT2D eigenvalue weighted by Crippen LogP contribution is -2.40. The van der Waals surface area contributed by atoms with Gasteiger partial charge in [0.25, 0.3) is 0 Å². The first-order chi connectivity index (χ1) is 10.3. The molecule has 2 heteroatoms. The van der Waals surface area contributed by atoms with Crippen molar-refractivity contribution >= 4 is 0 Å². The van der Waals surface area contributed by atoms with E-state index in [4.69, 9.17) is 5.11 Å². The zero-order valence-corrected chi connectivity index (χ0v) is 14.7. The number of allylic oxidation sites excluding steroid dienone is 7. The maximum Gasteiger partial charge on any atom is 0.0617 e. The highest BCUT2D eigenvalue weighted by molar-refractivity contribution is 5.27. The van der Waals surface area contributed by atoms with E-state index in [2.05, 4.69) is 45.9 Å². The van der Waals surface area contributed by atoms with E-state index >= 15 is 0 Å². The van der Waals surface area contributed by atoms with E-state index in [-0.39, 0.29) is 18.1 Å². The fourth-order valence-corrected chi connectivity index (χ4v) is 3.21. The van der Waals surface area contributed by atoms with E-state index in [0.717, 1.165) is 18.4 Å². The van der Waals surface area contributed by atoms with Gasteiger partial charge in [-0.2, -0.15) is 0 Å². The Hall–Kier alpha value is -1.12. The lowest BCUT2D eigenvalue weighted by Gasteiger charge is -2.44. The van der Waals surface area contributed by atoms with Gasteiger partial charge < -0.3 is 10.2 Å². The number of hydrogen-bond donors (Lipinski definition) is 2. The van der Waals surface area contributed by atoms with Crippen LogP contribution in [-0.4, -0.2) is 22.9 Å². The van der Waals surface area contributed by atoms with Crippen LogP contribution in [0.15, 0.2) is 47.6 Å². The van der Waals surface area contributed by atoms with Crippen molar-refractivity contribution < 1.29 is 10.2 Å². The van der Waals surface area contributed by atoms with Crippen molar-refractivity contribution in [1.82, 2.24) is 0 Å². The second-order valence-electron chi connectivity index (χ2n) is 7.24. The topological polar surface area (TPSA) is 40.5 Å². The van der Waals surface area contributed by atoms with Gasteiger partial charge in [0.15, 0.2) is 0 Å². The number of aliphatic hydroxyl groups excluding tert-OH is 2. The first kappa shape index (κ1) is 18.9. The summed E-state index contributed by atoms with van der Waals surface area (Å²) in [6.45, 7) is 10.9. The number of hydrogen-bond acceptors (Lipinski definition) is 2. The normalized spacial score (nSPS) is 30.4. The highest BCUT2D eigenvalue weighted by Crippen LogP contribution is 2.44. The Morgan fingerprint density at radius 1 is 1.18 bits per heavy atom. The molecule has 1 saturated carbocycles. The van der Waals surface area contributed by atoms with Crippen LogP contribution in [0.5, 0.6) is 0 Å². The molecular weight excluding hydrogens is 272 g/mol. The molecule has 3 unspecified atom stereocenters. The Labute approximate surface area is 135 Å². The van der Waals surface area contributed by atoms with E-state index in [1.165, 1.54) is 5.57 Å². The van der Waals surface area contributed by atoms with Gasteiger partial charge in [0.2, 0.25) is 0 Å². The second kappa shape index (κ2) is 8.50. The molecule has 0 aliphatic heterocycles. The van der Waals surface area contributed by atoms with Gasteiger partial charge in [-0.05, 0) is 43.9 Å². The molecule has 124 valence electrons. The van der Waals surface area contributed by atoms with Gasteiger partial charge in [0.05, 0.1) is 12.7 Å². The highest BCUT2D eigenvalue weighted by Gasteiger charge is 2.39. The molecule has 1 fully saturated rings. The molecule has 3 atom stereocenters. The first-order valence-corrected chi connectivity index (χ1v) is 8.27. The van der Waals surface area contributed by atoms with Crippen LogP contribution >= 0.6 is 0 Å². The summed E-state index contributed by atoms with van der Waals surface area (Å²) in [6, 6.07) is 0. The van der Waals surface area contributed by atoms with Crippen molar-refractivity contribution in [1.29, 1.82) is 0 Å². The van der Waals surface area contributed by atoms with E-state index in [1.807, 2.05) is 19.1 Å². The van der Waals surface area contributed by atoms with Crippen molar-refractivity contribution in [3.05, 3.63) is 47.6 Å². The maximum absolute atomic E-state index is 10.1. The predicted molar refractivity (Wildman–Crippen MR) is 94.6 cm³/mol. The summed E-state index contributed by atoms with van der Waals surface area (Å²) in [6.07, 6.45) is 14.1. The van der Waals surface area contributed by atoms with Crippen LogP contribution in [-0.2, 0) is 0 Å². The first-order valence-electron chi connectivity index (χ1n) is 8.27. The summed E-state index contributed by atoms with van der Waals surface area (Å²) in [5, 5.41) is 18.9. The van der Waals surface area contributed by atoms with Gasteiger partial charge in [0.1, 0.15) is 0 Å². The van der Waals surface area contributed by atoms with Crippen molar-refractivity contribution in [2.75, 3.05) is 6.61 Å². The Kier molecular flexibility index (Phi) is 7.31. The molecule has 1 rings (SSSR count). The van der Waals surface area contributed by atoms with Crippen LogP contribution in [0.2, 0.25) is 0 Å². The van der Waals surface area contributed by atoms with Gasteiger partial charge in [0, 0.05) is 0 Å². The summed E-state index contributed by atoms with van der Waals surface area (Å²) < 4.78 is 0. The molecule has 0 saturated heterocycles. The van der Waals surface area contributed by atoms with Crippen molar-refractivity contribution in [2.24, 2.45) is 17.3 Å². The fraction of sp³-hybridized carbons (Fsp3) is 0.600. The molecule has 0 spiro atoms. The maximum atomic E-state index is 10.1. The van der Waals surface area contributed by atoms with E-state index in [1.54, 1.807) is 6.08 Å². The van der Waals surface area contributed by atoms with Gasteiger partial charge in [-0.15, -0.1) is 0 Å². The molecule has 22 heavy (non-hydrogen) atoms. The molecule has 0 aromatic rings. The molecule has 0 aromatic heterocycles. The molecular formula is C20H32O2. The lowest BCUT2D eigenvalue weighted by atomic mass is 9.63. The zero-order chi connectivity index (χ0) is 16.8. The summed E-state index contributed by atoms with van der Waals surface area (Å²) >= 11 is 0. The van der Waals surface area contributed by atoms with Crippen molar-refractivity contribution in [2.45, 2.75) is 53.6 Å². The van der Waals surface area contributed by atoms with E-state index < -0.39 is 0 Å². The molecule has 1 aliphatic carbocycles. The third-order valence-corrected chi connectivity index (χ3v) is 4.86. The van der Waals surface area contributed by atoms with Crippen molar-refractivity contribution in [3.8, 4) is 0 Å². The van der Waals surface area contributed by atoms with Crippen LogP contribution in [0.4, 0.5) is 0 Å². The second-order valence-corrected chi connectivity index (χ2v) is 7.24. The largest absolute Gasteiger partial charge is 0.393 e. The molecule has 0 heterocycles. The minimum absolute atomic E-state index is 0.0791. The standard InChI is InChI=1S/C20H32O2/c1-15(7-6-8-16(2)12-14-21)9-10-18-17(3)19(22)11-13-20(18,4)5/h6-10,12,17-19,21-22H,11,13-14H2,1-5H3/b8-6+,10-9+,15-7+,16-12+. The monoisotopic (exact) mass is 304 g/mol. The van der Waals surface area contributed by atoms with Crippen LogP contribution in [0.1, 0.15) is 47.5 Å². The van der Waals surface area contributed by atoms with Crippen LogP contribution in [0.25, 0.3) is 0 Å². The Morgan fingerprint density at radius 2 is 1.86 bits per heavy atom. The van der Waals surface area contributed by atoms with Crippen molar-refractivity contribution in [3.63, 3.8) is 0 Å². The summed E-state index contributed by atoms with van der Waals surface area (Å²) in [4.78, 5) is 0. The predicted octanol–water partition coefficient (Wildman–Crippen LogP) is 4.42. The van der Waals surface area contributed by atoms with Gasteiger partial charge in [-0.1, -0.05) is 68.4 Å². The van der Waals surface area contributed by atoms with Gasteiger partial charge >= 0.3 is 0 Å². The summed E-state index contributed by atoms with van der Waals surface area (Å²) in [5.74, 6) is 0.706. The Bertz CT molecular complexity index is 466. The molecule has 2 N–H and O–H groups in total. The number of rotatable bonds is 5. The zero-order valence-electron chi connectivity index (χ0n) is 14.7. The van der Waals surface area contributed by atoms with Crippen LogP contribution in [0.3, 0.4) is 0 Å². The fourth-order valence-electron chi connectivity index (χ4n) is 3.21. The molecule has 0 radical (unpaired) electrons. The molecule has 0 bridgehead atoms. The van der Waals surface area contributed by atoms with Gasteiger partial charge in [-0.25, -0.2) is 0 Å². The smallest absolute Gasteiger partial charge is 0.0617 e. The molecule has 0 aromatic carbocycles. The average Bonchev–Trinajstić information content (AvgIpc) is 2.43. The highest BCUT2D eigenvalue weighted by atomic mass is 16.3. The summed E-state index contributed by atoms with van der Waals surface area (Å²) in [7, 11) is 0. The molecule has 0 amide bonds. The number of aliphatic hydroxyl groups is 2. The SMILES string of the molecule is CC(/C=C/C1C(C)C(O)CCC1(C)C)=C\C=C\C(C)=C\CO. The molecule has 1 aliphatic rings. The third-order valence-electron chi connectivity index (χ3n) is 4.86. The van der Waals surface area contributed by atoms with Crippen LogP contribution in [0, 0.1) is 17.3 Å². The summed E-state index contributed by atoms with van der Waals surface area (Å²) in [5.41, 5.74) is 2.49. The quantitative estimate of drug-likeness (QED) is 0.738. The Morgan fingerprint density at radius 3 is 2.50 bits per heavy atom. The minimum atomic E-state index is -0.182. The minimum Gasteiger partial charge on any atom is -0.393 e. The Balaban J connectivity index is 2.74. The van der Waals surface area contributed by atoms with Crippen LogP contribution < -0.4 is 0 Å². The molecule has 2 nitrogen and oxygen atoms in total.